The molecule has 2 nitrogen and oxygen atoms in total. The third-order valence-electron chi connectivity index (χ3n) is 3.82. The summed E-state index contributed by atoms with van der Waals surface area (Å²) in [6.07, 6.45) is 3.72. The van der Waals surface area contributed by atoms with E-state index in [4.69, 9.17) is 5.73 Å². The topological polar surface area (TPSA) is 46.2 Å². The predicted octanol–water partition coefficient (Wildman–Crippen LogP) is 0.841. The second kappa shape index (κ2) is 2.89. The normalized spacial score (nSPS) is 38.5. The summed E-state index contributed by atoms with van der Waals surface area (Å²) >= 11 is 2.04. The van der Waals surface area contributed by atoms with Crippen LogP contribution in [-0.4, -0.2) is 29.8 Å². The molecule has 2 fully saturated rings. The molecule has 0 aromatic heterocycles. The molecule has 0 aromatic rings. The van der Waals surface area contributed by atoms with Gasteiger partial charge in [0.1, 0.15) is 0 Å². The Labute approximate surface area is 77.9 Å². The lowest BCUT2D eigenvalue weighted by Gasteiger charge is -2.27. The molecule has 1 saturated carbocycles. The average molecular weight is 187 g/mol. The number of aliphatic hydroxyl groups is 1. The molecule has 0 bridgehead atoms. The van der Waals surface area contributed by atoms with E-state index >= 15 is 0 Å². The van der Waals surface area contributed by atoms with Crippen molar-refractivity contribution in [3.63, 3.8) is 0 Å². The van der Waals surface area contributed by atoms with Gasteiger partial charge in [-0.1, -0.05) is 0 Å². The fourth-order valence-electron chi connectivity index (χ4n) is 2.65. The van der Waals surface area contributed by atoms with Gasteiger partial charge in [0.15, 0.2) is 0 Å². The van der Waals surface area contributed by atoms with Gasteiger partial charge in [-0.2, -0.15) is 11.8 Å². The van der Waals surface area contributed by atoms with E-state index in [9.17, 15) is 5.11 Å². The first-order valence-electron chi connectivity index (χ1n) is 4.67. The van der Waals surface area contributed by atoms with E-state index in [1.807, 2.05) is 11.8 Å². The first-order valence-corrected chi connectivity index (χ1v) is 5.83. The SMILES string of the molecule is NCC1(CO)CC12CCSCC2. The molecule has 1 aliphatic heterocycles. The van der Waals surface area contributed by atoms with Crippen LogP contribution >= 0.6 is 11.8 Å². The van der Waals surface area contributed by atoms with Crippen LogP contribution in [0.2, 0.25) is 0 Å². The van der Waals surface area contributed by atoms with Crippen molar-refractivity contribution in [2.24, 2.45) is 16.6 Å². The maximum Gasteiger partial charge on any atom is 0.0505 e. The van der Waals surface area contributed by atoms with Crippen LogP contribution in [0.4, 0.5) is 0 Å². The van der Waals surface area contributed by atoms with Crippen LogP contribution in [0, 0.1) is 10.8 Å². The molecule has 2 aliphatic rings. The Morgan fingerprint density at radius 2 is 2.00 bits per heavy atom. The van der Waals surface area contributed by atoms with Crippen molar-refractivity contribution in [3.05, 3.63) is 0 Å². The van der Waals surface area contributed by atoms with Gasteiger partial charge in [-0.05, 0) is 36.2 Å². The Kier molecular flexibility index (Phi) is 2.13. The summed E-state index contributed by atoms with van der Waals surface area (Å²) < 4.78 is 0. The second-order valence-corrected chi connectivity index (χ2v) is 5.44. The third kappa shape index (κ3) is 1.03. The third-order valence-corrected chi connectivity index (χ3v) is 4.81. The van der Waals surface area contributed by atoms with Gasteiger partial charge in [-0.15, -0.1) is 0 Å². The van der Waals surface area contributed by atoms with Crippen molar-refractivity contribution >= 4 is 11.8 Å². The van der Waals surface area contributed by atoms with Gasteiger partial charge in [0.25, 0.3) is 0 Å². The highest BCUT2D eigenvalue weighted by atomic mass is 32.2. The monoisotopic (exact) mass is 187 g/mol. The van der Waals surface area contributed by atoms with Gasteiger partial charge in [-0.25, -0.2) is 0 Å². The van der Waals surface area contributed by atoms with Crippen LogP contribution in [0.15, 0.2) is 0 Å². The van der Waals surface area contributed by atoms with Gasteiger partial charge in [-0.3, -0.25) is 0 Å². The molecule has 1 heterocycles. The summed E-state index contributed by atoms with van der Waals surface area (Å²) in [5.74, 6) is 2.53. The van der Waals surface area contributed by atoms with Crippen LogP contribution in [0.3, 0.4) is 0 Å². The largest absolute Gasteiger partial charge is 0.396 e. The second-order valence-electron chi connectivity index (χ2n) is 4.21. The smallest absolute Gasteiger partial charge is 0.0505 e. The van der Waals surface area contributed by atoms with Crippen molar-refractivity contribution in [1.82, 2.24) is 0 Å². The van der Waals surface area contributed by atoms with E-state index in [-0.39, 0.29) is 5.41 Å². The minimum atomic E-state index is 0.119. The van der Waals surface area contributed by atoms with Crippen LogP contribution in [0.5, 0.6) is 0 Å². The summed E-state index contributed by atoms with van der Waals surface area (Å²) in [6.45, 7) is 0.975. The molecule has 1 unspecified atom stereocenters. The summed E-state index contributed by atoms with van der Waals surface area (Å²) in [5.41, 5.74) is 6.28. The van der Waals surface area contributed by atoms with Gasteiger partial charge in [0, 0.05) is 12.0 Å². The Hall–Kier alpha value is 0.270. The summed E-state index contributed by atoms with van der Waals surface area (Å²) in [6, 6.07) is 0. The Bertz CT molecular complexity index is 173. The summed E-state index contributed by atoms with van der Waals surface area (Å²) in [5, 5.41) is 9.29. The molecule has 1 aliphatic carbocycles. The molecular formula is C9H17NOS. The molecule has 3 heteroatoms. The standard InChI is InChI=1S/C9H17NOS/c10-6-9(7-11)5-8(9)1-3-12-4-2-8/h11H,1-7,10H2. The zero-order chi connectivity index (χ0) is 8.66. The first kappa shape index (κ1) is 8.85. The average Bonchev–Trinajstić information content (AvgIpc) is 2.75. The van der Waals surface area contributed by atoms with E-state index in [0.29, 0.717) is 18.6 Å². The zero-order valence-corrected chi connectivity index (χ0v) is 8.20. The zero-order valence-electron chi connectivity index (χ0n) is 7.38. The highest BCUT2D eigenvalue weighted by Crippen LogP contribution is 2.68. The minimum Gasteiger partial charge on any atom is -0.396 e. The number of nitrogens with two attached hydrogens (primary N) is 1. The van der Waals surface area contributed by atoms with E-state index in [1.165, 1.54) is 30.8 Å². The van der Waals surface area contributed by atoms with Gasteiger partial charge in [0.2, 0.25) is 0 Å². The highest BCUT2D eigenvalue weighted by molar-refractivity contribution is 7.99. The number of thioether (sulfide) groups is 1. The lowest BCUT2D eigenvalue weighted by molar-refractivity contribution is 0.169. The van der Waals surface area contributed by atoms with Crippen molar-refractivity contribution in [1.29, 1.82) is 0 Å². The van der Waals surface area contributed by atoms with Crippen molar-refractivity contribution in [2.45, 2.75) is 19.3 Å². The molecule has 1 atom stereocenters. The number of hydrogen-bond donors (Lipinski definition) is 2. The van der Waals surface area contributed by atoms with Gasteiger partial charge >= 0.3 is 0 Å². The number of hydrogen-bond acceptors (Lipinski definition) is 3. The van der Waals surface area contributed by atoms with Crippen molar-refractivity contribution < 1.29 is 5.11 Å². The van der Waals surface area contributed by atoms with Gasteiger partial charge < -0.3 is 10.8 Å². The Morgan fingerprint density at radius 1 is 1.33 bits per heavy atom. The quantitative estimate of drug-likeness (QED) is 0.673. The van der Waals surface area contributed by atoms with Crippen LogP contribution in [0.1, 0.15) is 19.3 Å². The molecular weight excluding hydrogens is 170 g/mol. The summed E-state index contributed by atoms with van der Waals surface area (Å²) in [4.78, 5) is 0. The fraction of sp³-hybridized carbons (Fsp3) is 1.00. The van der Waals surface area contributed by atoms with E-state index in [1.54, 1.807) is 0 Å². The lowest BCUT2D eigenvalue weighted by Crippen LogP contribution is -2.29. The van der Waals surface area contributed by atoms with Gasteiger partial charge in [0.05, 0.1) is 6.61 Å². The molecule has 1 spiro atoms. The molecule has 70 valence electrons. The molecule has 0 amide bonds. The molecule has 3 N–H and O–H groups in total. The predicted molar refractivity (Wildman–Crippen MR) is 52.2 cm³/mol. The van der Waals surface area contributed by atoms with Crippen molar-refractivity contribution in [3.8, 4) is 0 Å². The molecule has 0 aromatic carbocycles. The van der Waals surface area contributed by atoms with E-state index in [0.717, 1.165) is 0 Å². The molecule has 2 rings (SSSR count). The lowest BCUT2D eigenvalue weighted by atomic mass is 9.88. The van der Waals surface area contributed by atoms with Crippen LogP contribution < -0.4 is 5.73 Å². The Balaban J connectivity index is 2.05. The molecule has 1 saturated heterocycles. The number of rotatable bonds is 2. The maximum atomic E-state index is 9.29. The van der Waals surface area contributed by atoms with Crippen molar-refractivity contribution in [2.75, 3.05) is 24.7 Å². The first-order chi connectivity index (χ1) is 5.79. The molecule has 0 radical (unpaired) electrons. The van der Waals surface area contributed by atoms with Crippen LogP contribution in [-0.2, 0) is 0 Å². The fourth-order valence-corrected chi connectivity index (χ4v) is 3.92. The Morgan fingerprint density at radius 3 is 2.42 bits per heavy atom. The van der Waals surface area contributed by atoms with Crippen LogP contribution in [0.25, 0.3) is 0 Å². The maximum absolute atomic E-state index is 9.29. The molecule has 12 heavy (non-hydrogen) atoms. The number of aliphatic hydroxyl groups excluding tert-OH is 1. The van der Waals surface area contributed by atoms with E-state index in [2.05, 4.69) is 0 Å². The highest BCUT2D eigenvalue weighted by Gasteiger charge is 2.65. The summed E-state index contributed by atoms with van der Waals surface area (Å²) in [7, 11) is 0. The minimum absolute atomic E-state index is 0.119. The van der Waals surface area contributed by atoms with E-state index < -0.39 is 0 Å².